The molecule has 3 heteroatoms. The van der Waals surface area contributed by atoms with E-state index in [1.54, 1.807) is 6.20 Å². The first-order valence-corrected chi connectivity index (χ1v) is 14.6. The smallest absolute Gasteiger partial charge is 0.160 e. The summed E-state index contributed by atoms with van der Waals surface area (Å²) in [6.45, 7) is 0. The molecule has 0 fully saturated rings. The zero-order chi connectivity index (χ0) is 28.6. The van der Waals surface area contributed by atoms with Crippen molar-refractivity contribution < 1.29 is 0 Å². The molecule has 0 saturated heterocycles. The van der Waals surface area contributed by atoms with Crippen molar-refractivity contribution in [3.05, 3.63) is 163 Å². The number of aromatic nitrogens is 3. The van der Waals surface area contributed by atoms with Crippen LogP contribution >= 0.6 is 0 Å². The van der Waals surface area contributed by atoms with E-state index in [4.69, 9.17) is 9.97 Å². The van der Waals surface area contributed by atoms with Gasteiger partial charge in [0.05, 0.1) is 11.4 Å². The Hall–Kier alpha value is -5.67. The van der Waals surface area contributed by atoms with E-state index in [9.17, 15) is 0 Å². The first kappa shape index (κ1) is 25.1. The van der Waals surface area contributed by atoms with Crippen molar-refractivity contribution in [1.82, 2.24) is 15.0 Å². The van der Waals surface area contributed by atoms with Crippen molar-refractivity contribution in [3.8, 4) is 67.3 Å². The zero-order valence-electron chi connectivity index (χ0n) is 23.5. The van der Waals surface area contributed by atoms with Crippen LogP contribution in [0.1, 0.15) is 11.1 Å². The minimum Gasteiger partial charge on any atom is -0.264 e. The molecule has 7 aromatic rings. The Bertz CT molecular complexity index is 2060. The fraction of sp³-hybridized carbons (Fsp3) is 0.0250. The molecule has 8 rings (SSSR count). The van der Waals surface area contributed by atoms with Crippen molar-refractivity contribution in [2.45, 2.75) is 6.42 Å². The molecule has 202 valence electrons. The predicted molar refractivity (Wildman–Crippen MR) is 175 cm³/mol. The van der Waals surface area contributed by atoms with Gasteiger partial charge >= 0.3 is 0 Å². The lowest BCUT2D eigenvalue weighted by Gasteiger charge is -2.12. The molecule has 2 aromatic heterocycles. The lowest BCUT2D eigenvalue weighted by Crippen LogP contribution is -1.96. The molecule has 0 N–H and O–H groups in total. The van der Waals surface area contributed by atoms with Crippen LogP contribution < -0.4 is 0 Å². The van der Waals surface area contributed by atoms with E-state index in [1.807, 2.05) is 24.4 Å². The van der Waals surface area contributed by atoms with Gasteiger partial charge in [-0.1, -0.05) is 121 Å². The molecule has 2 heterocycles. The normalized spacial score (nSPS) is 11.6. The Balaban J connectivity index is 1.19. The summed E-state index contributed by atoms with van der Waals surface area (Å²) in [7, 11) is 0. The molecule has 5 aromatic carbocycles. The topological polar surface area (TPSA) is 38.7 Å². The predicted octanol–water partition coefficient (Wildman–Crippen LogP) is 9.78. The summed E-state index contributed by atoms with van der Waals surface area (Å²) in [6, 6.07) is 49.1. The molecule has 1 aliphatic rings. The summed E-state index contributed by atoms with van der Waals surface area (Å²) < 4.78 is 0. The van der Waals surface area contributed by atoms with E-state index in [0.717, 1.165) is 34.5 Å². The maximum Gasteiger partial charge on any atom is 0.160 e. The molecular weight excluding hydrogens is 522 g/mol. The first-order chi connectivity index (χ1) is 21.3. The van der Waals surface area contributed by atoms with E-state index in [1.165, 1.54) is 44.5 Å². The van der Waals surface area contributed by atoms with Crippen molar-refractivity contribution in [3.63, 3.8) is 0 Å². The summed E-state index contributed by atoms with van der Waals surface area (Å²) >= 11 is 0. The second kappa shape index (κ2) is 10.6. The van der Waals surface area contributed by atoms with Crippen molar-refractivity contribution in [1.29, 1.82) is 0 Å². The summed E-state index contributed by atoms with van der Waals surface area (Å²) in [4.78, 5) is 14.4. The third-order valence-corrected chi connectivity index (χ3v) is 8.24. The van der Waals surface area contributed by atoms with E-state index < -0.39 is 0 Å². The molecule has 1 aliphatic carbocycles. The minimum atomic E-state index is 0.692. The van der Waals surface area contributed by atoms with Crippen LogP contribution in [0.5, 0.6) is 0 Å². The highest BCUT2D eigenvalue weighted by Gasteiger charge is 2.21. The van der Waals surface area contributed by atoms with Crippen molar-refractivity contribution in [2.75, 3.05) is 0 Å². The number of hydrogen-bond acceptors (Lipinski definition) is 3. The Morgan fingerprint density at radius 2 is 1.02 bits per heavy atom. The maximum absolute atomic E-state index is 5.06. The third-order valence-electron chi connectivity index (χ3n) is 8.24. The van der Waals surface area contributed by atoms with Crippen LogP contribution in [-0.2, 0) is 6.42 Å². The van der Waals surface area contributed by atoms with Gasteiger partial charge in [-0.25, -0.2) is 9.97 Å². The summed E-state index contributed by atoms with van der Waals surface area (Å²) in [6.07, 6.45) is 4.63. The molecule has 0 radical (unpaired) electrons. The van der Waals surface area contributed by atoms with Gasteiger partial charge in [-0.2, -0.15) is 0 Å². The second-order valence-electron chi connectivity index (χ2n) is 10.9. The van der Waals surface area contributed by atoms with Crippen LogP contribution in [0, 0.1) is 0 Å². The molecule has 3 nitrogen and oxygen atoms in total. The average molecular weight is 550 g/mol. The monoisotopic (exact) mass is 549 g/mol. The highest BCUT2D eigenvalue weighted by Crippen LogP contribution is 2.43. The second-order valence-corrected chi connectivity index (χ2v) is 10.9. The highest BCUT2D eigenvalue weighted by atomic mass is 14.9. The Morgan fingerprint density at radius 1 is 0.419 bits per heavy atom. The van der Waals surface area contributed by atoms with Crippen LogP contribution in [0.3, 0.4) is 0 Å². The largest absolute Gasteiger partial charge is 0.264 e. The molecule has 0 saturated carbocycles. The molecule has 0 atom stereocenters. The molecule has 0 bridgehead atoms. The Kier molecular flexibility index (Phi) is 6.20. The van der Waals surface area contributed by atoms with Gasteiger partial charge in [0.15, 0.2) is 5.82 Å². The van der Waals surface area contributed by atoms with Crippen molar-refractivity contribution >= 4 is 0 Å². The molecular formula is C40H27N3. The molecule has 0 spiro atoms. The number of benzene rings is 5. The van der Waals surface area contributed by atoms with Crippen LogP contribution in [0.4, 0.5) is 0 Å². The highest BCUT2D eigenvalue weighted by molar-refractivity contribution is 5.90. The zero-order valence-corrected chi connectivity index (χ0v) is 23.5. The van der Waals surface area contributed by atoms with Crippen molar-refractivity contribution in [2.24, 2.45) is 0 Å². The summed E-state index contributed by atoms with van der Waals surface area (Å²) in [5.41, 5.74) is 15.0. The van der Waals surface area contributed by atoms with Gasteiger partial charge < -0.3 is 0 Å². The van der Waals surface area contributed by atoms with E-state index in [0.29, 0.717) is 5.82 Å². The first-order valence-electron chi connectivity index (χ1n) is 14.6. The number of hydrogen-bond donors (Lipinski definition) is 0. The fourth-order valence-corrected chi connectivity index (χ4v) is 6.08. The SMILES string of the molecule is c1ccc(-c2ccc(-c3nc(-c4ccc(-c5cccc6c5-c5ccccc5C6)cc4)cc(-c4cccnc4)n3)cc2)cc1. The van der Waals surface area contributed by atoms with Gasteiger partial charge in [0.25, 0.3) is 0 Å². The number of fused-ring (bicyclic) bond motifs is 3. The van der Waals surface area contributed by atoms with E-state index >= 15 is 0 Å². The van der Waals surface area contributed by atoms with E-state index in [-0.39, 0.29) is 0 Å². The lowest BCUT2D eigenvalue weighted by atomic mass is 9.93. The summed E-state index contributed by atoms with van der Waals surface area (Å²) in [5.74, 6) is 0.692. The fourth-order valence-electron chi connectivity index (χ4n) is 6.08. The van der Waals surface area contributed by atoms with Gasteiger partial charge in [-0.15, -0.1) is 0 Å². The molecule has 43 heavy (non-hydrogen) atoms. The third kappa shape index (κ3) is 4.71. The Labute approximate surface area is 251 Å². The number of pyridine rings is 1. The standard InChI is InChI=1S/C40H27N3/c1-2-8-27(9-3-1)28-15-21-31(22-16-28)40-42-37(25-38(43-40)34-12-7-23-41-26-34)30-19-17-29(18-20-30)35-14-6-11-33-24-32-10-4-5-13-36(32)39(33)35/h1-23,25-26H,24H2. The van der Waals surface area contributed by atoms with Crippen LogP contribution in [-0.4, -0.2) is 15.0 Å². The van der Waals surface area contributed by atoms with E-state index in [2.05, 4.69) is 126 Å². The van der Waals surface area contributed by atoms with Gasteiger partial charge in [0.2, 0.25) is 0 Å². The Morgan fingerprint density at radius 3 is 1.81 bits per heavy atom. The molecule has 0 unspecified atom stereocenters. The quantitative estimate of drug-likeness (QED) is 0.214. The average Bonchev–Trinajstić information content (AvgIpc) is 3.48. The summed E-state index contributed by atoms with van der Waals surface area (Å²) in [5, 5.41) is 0. The van der Waals surface area contributed by atoms with Crippen LogP contribution in [0.25, 0.3) is 67.3 Å². The molecule has 0 amide bonds. The maximum atomic E-state index is 5.06. The van der Waals surface area contributed by atoms with Crippen LogP contribution in [0.2, 0.25) is 0 Å². The van der Waals surface area contributed by atoms with Gasteiger partial charge in [0, 0.05) is 29.1 Å². The number of rotatable bonds is 5. The number of nitrogens with zero attached hydrogens (tertiary/aromatic N) is 3. The van der Waals surface area contributed by atoms with Gasteiger partial charge in [-0.3, -0.25) is 4.98 Å². The minimum absolute atomic E-state index is 0.692. The van der Waals surface area contributed by atoms with Gasteiger partial charge in [0.1, 0.15) is 0 Å². The van der Waals surface area contributed by atoms with Crippen LogP contribution in [0.15, 0.2) is 152 Å². The lowest BCUT2D eigenvalue weighted by molar-refractivity contribution is 1.18. The molecule has 0 aliphatic heterocycles. The van der Waals surface area contributed by atoms with Gasteiger partial charge in [-0.05, 0) is 69.1 Å².